The van der Waals surface area contributed by atoms with Crippen molar-refractivity contribution in [2.75, 3.05) is 19.8 Å². The molecule has 13 heavy (non-hydrogen) atoms. The number of carbonyl (C=O) groups excluding carboxylic acids is 2. The Labute approximate surface area is 82.6 Å². The lowest BCUT2D eigenvalue weighted by Gasteiger charge is -2.13. The second-order valence-corrected chi connectivity index (χ2v) is 3.42. The van der Waals surface area contributed by atoms with Crippen LogP contribution in [0.1, 0.15) is 13.3 Å². The Bertz CT molecular complexity index is 219. The Morgan fingerprint density at radius 2 is 2.31 bits per heavy atom. The van der Waals surface area contributed by atoms with E-state index in [1.807, 2.05) is 6.92 Å². The van der Waals surface area contributed by atoms with Crippen LogP contribution in [0.25, 0.3) is 0 Å². The quantitative estimate of drug-likeness (QED) is 0.400. The van der Waals surface area contributed by atoms with Crippen LogP contribution in [-0.2, 0) is 14.3 Å². The Hall–Kier alpha value is -0.550. The van der Waals surface area contributed by atoms with E-state index in [4.69, 9.17) is 4.74 Å². The molecule has 1 fully saturated rings. The lowest BCUT2D eigenvalue weighted by atomic mass is 10.4. The molecule has 1 saturated heterocycles. The molecule has 0 aromatic rings. The first-order valence-corrected chi connectivity index (χ1v) is 4.78. The van der Waals surface area contributed by atoms with Gasteiger partial charge in [-0.1, -0.05) is 0 Å². The molecule has 2 amide bonds. The van der Waals surface area contributed by atoms with Gasteiger partial charge in [-0.05, 0) is 6.92 Å². The summed E-state index contributed by atoms with van der Waals surface area (Å²) in [7, 11) is 0. The molecule has 0 radical (unpaired) electrons. The minimum Gasteiger partial charge on any atom is -0.380 e. The van der Waals surface area contributed by atoms with Crippen molar-refractivity contribution in [1.29, 1.82) is 0 Å². The second-order valence-electron chi connectivity index (χ2n) is 2.80. The fraction of sp³-hybridized carbons (Fsp3) is 0.750. The molecule has 0 spiro atoms. The topological polar surface area (TPSA) is 46.6 Å². The molecule has 4 nitrogen and oxygen atoms in total. The summed E-state index contributed by atoms with van der Waals surface area (Å²) in [5.74, 6) is -0.349. The van der Waals surface area contributed by atoms with Crippen LogP contribution in [0.3, 0.4) is 0 Å². The SMILES string of the molecule is CCOCCN1C(=O)CC(S)C1=O. The predicted octanol–water partition coefficient (Wildman–Crippen LogP) is 0.0802. The smallest absolute Gasteiger partial charge is 0.242 e. The maximum Gasteiger partial charge on any atom is 0.242 e. The van der Waals surface area contributed by atoms with Gasteiger partial charge in [0.05, 0.1) is 18.4 Å². The Kier molecular flexibility index (Phi) is 3.74. The molecular weight excluding hydrogens is 190 g/mol. The van der Waals surface area contributed by atoms with Gasteiger partial charge >= 0.3 is 0 Å². The summed E-state index contributed by atoms with van der Waals surface area (Å²) in [6.45, 7) is 3.23. The van der Waals surface area contributed by atoms with Crippen molar-refractivity contribution in [3.8, 4) is 0 Å². The van der Waals surface area contributed by atoms with E-state index in [0.29, 0.717) is 19.8 Å². The fourth-order valence-electron chi connectivity index (χ4n) is 1.20. The number of hydrogen-bond donors (Lipinski definition) is 1. The molecule has 5 heteroatoms. The van der Waals surface area contributed by atoms with Crippen LogP contribution in [0.15, 0.2) is 0 Å². The third kappa shape index (κ3) is 2.45. The highest BCUT2D eigenvalue weighted by atomic mass is 32.1. The minimum absolute atomic E-state index is 0.148. The normalized spacial score (nSPS) is 22.9. The molecule has 0 bridgehead atoms. The molecule has 1 aliphatic heterocycles. The predicted molar refractivity (Wildman–Crippen MR) is 50.6 cm³/mol. The van der Waals surface area contributed by atoms with Gasteiger partial charge < -0.3 is 4.74 Å². The van der Waals surface area contributed by atoms with E-state index in [9.17, 15) is 9.59 Å². The first kappa shape index (κ1) is 10.5. The second kappa shape index (κ2) is 4.62. The number of hydrogen-bond acceptors (Lipinski definition) is 4. The van der Waals surface area contributed by atoms with E-state index in [2.05, 4.69) is 12.6 Å². The molecule has 0 saturated carbocycles. The molecule has 0 aliphatic carbocycles. The average Bonchev–Trinajstić information content (AvgIpc) is 2.32. The first-order valence-electron chi connectivity index (χ1n) is 4.26. The van der Waals surface area contributed by atoms with Crippen molar-refractivity contribution in [1.82, 2.24) is 4.90 Å². The lowest BCUT2D eigenvalue weighted by Crippen LogP contribution is -2.34. The number of rotatable bonds is 4. The molecule has 0 N–H and O–H groups in total. The maximum atomic E-state index is 11.3. The van der Waals surface area contributed by atoms with E-state index in [1.165, 1.54) is 4.90 Å². The van der Waals surface area contributed by atoms with E-state index >= 15 is 0 Å². The fourth-order valence-corrected chi connectivity index (χ4v) is 1.50. The Morgan fingerprint density at radius 1 is 1.62 bits per heavy atom. The van der Waals surface area contributed by atoms with E-state index < -0.39 is 5.25 Å². The molecule has 74 valence electrons. The Morgan fingerprint density at radius 3 is 2.77 bits per heavy atom. The van der Waals surface area contributed by atoms with Crippen LogP contribution in [0.4, 0.5) is 0 Å². The number of nitrogens with zero attached hydrogens (tertiary/aromatic N) is 1. The van der Waals surface area contributed by atoms with Crippen molar-refractivity contribution < 1.29 is 14.3 Å². The van der Waals surface area contributed by atoms with Crippen LogP contribution in [0.2, 0.25) is 0 Å². The zero-order valence-electron chi connectivity index (χ0n) is 7.52. The molecule has 1 unspecified atom stereocenters. The molecule has 1 aliphatic rings. The van der Waals surface area contributed by atoms with Crippen LogP contribution >= 0.6 is 12.6 Å². The maximum absolute atomic E-state index is 11.3. The summed E-state index contributed by atoms with van der Waals surface area (Å²) in [6, 6.07) is 0. The summed E-state index contributed by atoms with van der Waals surface area (Å²) >= 11 is 4.00. The van der Waals surface area contributed by atoms with E-state index in [1.54, 1.807) is 0 Å². The first-order chi connectivity index (χ1) is 6.16. The summed E-state index contributed by atoms with van der Waals surface area (Å²) in [4.78, 5) is 23.7. The van der Waals surface area contributed by atoms with Gasteiger partial charge in [0, 0.05) is 13.0 Å². The van der Waals surface area contributed by atoms with Crippen LogP contribution in [-0.4, -0.2) is 41.7 Å². The van der Waals surface area contributed by atoms with Crippen molar-refractivity contribution in [2.24, 2.45) is 0 Å². The van der Waals surface area contributed by atoms with E-state index in [0.717, 1.165) is 0 Å². The molecule has 1 heterocycles. The summed E-state index contributed by atoms with van der Waals surface area (Å²) in [6.07, 6.45) is 0.216. The third-order valence-corrected chi connectivity index (χ3v) is 2.29. The standard InChI is InChI=1S/C8H13NO3S/c1-2-12-4-3-9-7(10)5-6(13)8(9)11/h6,13H,2-5H2,1H3. The van der Waals surface area contributed by atoms with Gasteiger partial charge in [-0.15, -0.1) is 0 Å². The van der Waals surface area contributed by atoms with Crippen molar-refractivity contribution in [3.63, 3.8) is 0 Å². The number of imide groups is 1. The summed E-state index contributed by atoms with van der Waals surface area (Å²) in [5, 5.41) is -0.450. The summed E-state index contributed by atoms with van der Waals surface area (Å²) in [5.41, 5.74) is 0. The molecule has 1 atom stereocenters. The van der Waals surface area contributed by atoms with Gasteiger partial charge in [0.15, 0.2) is 0 Å². The van der Waals surface area contributed by atoms with Crippen molar-refractivity contribution >= 4 is 24.4 Å². The van der Waals surface area contributed by atoms with Gasteiger partial charge in [-0.2, -0.15) is 12.6 Å². The number of thiol groups is 1. The van der Waals surface area contributed by atoms with Gasteiger partial charge in [0.2, 0.25) is 11.8 Å². The molecular formula is C8H13NO3S. The lowest BCUT2D eigenvalue weighted by molar-refractivity contribution is -0.139. The third-order valence-electron chi connectivity index (χ3n) is 1.88. The van der Waals surface area contributed by atoms with Crippen LogP contribution in [0, 0.1) is 0 Å². The number of ether oxygens (including phenoxy) is 1. The number of likely N-dealkylation sites (tertiary alicyclic amines) is 1. The number of carbonyl (C=O) groups is 2. The zero-order valence-corrected chi connectivity index (χ0v) is 8.42. The van der Waals surface area contributed by atoms with Crippen molar-refractivity contribution in [2.45, 2.75) is 18.6 Å². The highest BCUT2D eigenvalue weighted by Crippen LogP contribution is 2.16. The molecule has 0 aromatic heterocycles. The van der Waals surface area contributed by atoms with Crippen LogP contribution in [0.5, 0.6) is 0 Å². The largest absolute Gasteiger partial charge is 0.380 e. The molecule has 0 aromatic carbocycles. The van der Waals surface area contributed by atoms with Gasteiger partial charge in [0.25, 0.3) is 0 Å². The highest BCUT2D eigenvalue weighted by molar-refractivity contribution is 7.81. The zero-order chi connectivity index (χ0) is 9.84. The van der Waals surface area contributed by atoms with E-state index in [-0.39, 0.29) is 18.2 Å². The van der Waals surface area contributed by atoms with Crippen molar-refractivity contribution in [3.05, 3.63) is 0 Å². The van der Waals surface area contributed by atoms with Gasteiger partial charge in [-0.3, -0.25) is 14.5 Å². The number of amides is 2. The summed E-state index contributed by atoms with van der Waals surface area (Å²) < 4.78 is 5.06. The average molecular weight is 203 g/mol. The molecule has 1 rings (SSSR count). The minimum atomic E-state index is -0.450. The van der Waals surface area contributed by atoms with Gasteiger partial charge in [0.1, 0.15) is 0 Å². The Balaban J connectivity index is 2.40. The van der Waals surface area contributed by atoms with Gasteiger partial charge in [-0.25, -0.2) is 0 Å². The van der Waals surface area contributed by atoms with Crippen LogP contribution < -0.4 is 0 Å². The monoisotopic (exact) mass is 203 g/mol. The highest BCUT2D eigenvalue weighted by Gasteiger charge is 2.35.